The average Bonchev–Trinajstić information content (AvgIpc) is 2.85. The van der Waals surface area contributed by atoms with Gasteiger partial charge in [0.2, 0.25) is 0 Å². The molecule has 1 heterocycles. The molecular weight excluding hydrogens is 252 g/mol. The highest BCUT2D eigenvalue weighted by Crippen LogP contribution is 2.13. The van der Waals surface area contributed by atoms with E-state index in [9.17, 15) is 4.79 Å². The Morgan fingerprint density at radius 3 is 2.90 bits per heavy atom. The topological polar surface area (TPSA) is 50.2 Å². The number of rotatable bonds is 5. The molecule has 1 N–H and O–H groups in total. The molecule has 5 nitrogen and oxygen atoms in total. The first-order chi connectivity index (χ1) is 9.58. The average molecular weight is 272 g/mol. The Balaban J connectivity index is 1.84. The SMILES string of the molecule is Cc1cccc(N(C)CCNC(=O)c2nccn2C)c1. The fraction of sp³-hybridized carbons (Fsp3) is 0.333. The molecule has 0 unspecified atom stereocenters. The van der Waals surface area contributed by atoms with E-state index in [-0.39, 0.29) is 5.91 Å². The van der Waals surface area contributed by atoms with E-state index < -0.39 is 0 Å². The van der Waals surface area contributed by atoms with Gasteiger partial charge in [-0.1, -0.05) is 12.1 Å². The van der Waals surface area contributed by atoms with Gasteiger partial charge >= 0.3 is 0 Å². The largest absolute Gasteiger partial charge is 0.373 e. The van der Waals surface area contributed by atoms with Gasteiger partial charge in [0.1, 0.15) is 0 Å². The van der Waals surface area contributed by atoms with Crippen LogP contribution in [0.1, 0.15) is 16.2 Å². The molecule has 0 radical (unpaired) electrons. The first kappa shape index (κ1) is 14.1. The number of carbonyl (C=O) groups is 1. The van der Waals surface area contributed by atoms with E-state index in [1.54, 1.807) is 24.0 Å². The molecule has 20 heavy (non-hydrogen) atoms. The predicted octanol–water partition coefficient (Wildman–Crippen LogP) is 1.59. The molecule has 1 amide bonds. The van der Waals surface area contributed by atoms with E-state index in [1.165, 1.54) is 5.56 Å². The highest BCUT2D eigenvalue weighted by Gasteiger charge is 2.10. The number of amides is 1. The third kappa shape index (κ3) is 3.38. The van der Waals surface area contributed by atoms with Gasteiger partial charge in [0.15, 0.2) is 5.82 Å². The molecule has 0 fully saturated rings. The normalized spacial score (nSPS) is 10.3. The summed E-state index contributed by atoms with van der Waals surface area (Å²) in [5.74, 6) is 0.290. The van der Waals surface area contributed by atoms with Crippen molar-refractivity contribution >= 4 is 11.6 Å². The highest BCUT2D eigenvalue weighted by molar-refractivity contribution is 5.90. The number of hydrogen-bond acceptors (Lipinski definition) is 3. The molecule has 2 rings (SSSR count). The van der Waals surface area contributed by atoms with Gasteiger partial charge in [0.05, 0.1) is 0 Å². The molecule has 0 saturated heterocycles. The smallest absolute Gasteiger partial charge is 0.287 e. The van der Waals surface area contributed by atoms with Crippen molar-refractivity contribution in [3.05, 3.63) is 48.0 Å². The van der Waals surface area contributed by atoms with Gasteiger partial charge in [-0.2, -0.15) is 0 Å². The van der Waals surface area contributed by atoms with Gasteiger partial charge in [-0.3, -0.25) is 4.79 Å². The molecule has 0 aliphatic carbocycles. The lowest BCUT2D eigenvalue weighted by molar-refractivity contribution is 0.0941. The van der Waals surface area contributed by atoms with Gasteiger partial charge in [-0.05, 0) is 24.6 Å². The van der Waals surface area contributed by atoms with Gasteiger partial charge < -0.3 is 14.8 Å². The second-order valence-electron chi connectivity index (χ2n) is 4.88. The zero-order chi connectivity index (χ0) is 14.5. The van der Waals surface area contributed by atoms with E-state index in [0.717, 1.165) is 12.2 Å². The maximum atomic E-state index is 11.9. The molecule has 0 aliphatic rings. The van der Waals surface area contributed by atoms with E-state index in [1.807, 2.05) is 13.1 Å². The Labute approximate surface area is 119 Å². The van der Waals surface area contributed by atoms with Crippen LogP contribution in [0.25, 0.3) is 0 Å². The minimum atomic E-state index is -0.143. The predicted molar refractivity (Wildman–Crippen MR) is 80.0 cm³/mol. The van der Waals surface area contributed by atoms with Crippen molar-refractivity contribution in [3.8, 4) is 0 Å². The molecule has 2 aromatic rings. The van der Waals surface area contributed by atoms with Crippen molar-refractivity contribution < 1.29 is 4.79 Å². The summed E-state index contributed by atoms with van der Waals surface area (Å²) in [6, 6.07) is 8.29. The fourth-order valence-corrected chi connectivity index (χ4v) is 2.00. The van der Waals surface area contributed by atoms with Gasteiger partial charge in [0.25, 0.3) is 5.91 Å². The molecule has 0 atom stereocenters. The zero-order valence-corrected chi connectivity index (χ0v) is 12.1. The van der Waals surface area contributed by atoms with E-state index in [2.05, 4.69) is 40.3 Å². The van der Waals surface area contributed by atoms with Crippen molar-refractivity contribution in [2.75, 3.05) is 25.0 Å². The molecule has 0 bridgehead atoms. The number of carbonyl (C=O) groups excluding carboxylic acids is 1. The summed E-state index contributed by atoms with van der Waals surface area (Å²) in [6.45, 7) is 3.40. The number of aromatic nitrogens is 2. The van der Waals surface area contributed by atoms with Crippen LogP contribution in [0, 0.1) is 6.92 Å². The second kappa shape index (κ2) is 6.23. The van der Waals surface area contributed by atoms with Crippen LogP contribution >= 0.6 is 0 Å². The monoisotopic (exact) mass is 272 g/mol. The van der Waals surface area contributed by atoms with Gasteiger partial charge in [0, 0.05) is 45.3 Å². The van der Waals surface area contributed by atoms with Crippen molar-refractivity contribution in [1.82, 2.24) is 14.9 Å². The summed E-state index contributed by atoms with van der Waals surface area (Å²) in [5, 5.41) is 2.88. The molecule has 1 aromatic carbocycles. The van der Waals surface area contributed by atoms with Crippen LogP contribution in [0.4, 0.5) is 5.69 Å². The Morgan fingerprint density at radius 1 is 1.45 bits per heavy atom. The molecule has 106 valence electrons. The second-order valence-corrected chi connectivity index (χ2v) is 4.88. The quantitative estimate of drug-likeness (QED) is 0.899. The Morgan fingerprint density at radius 2 is 2.25 bits per heavy atom. The van der Waals surface area contributed by atoms with E-state index >= 15 is 0 Å². The van der Waals surface area contributed by atoms with Crippen LogP contribution in [0.3, 0.4) is 0 Å². The molecular formula is C15H20N4O. The van der Waals surface area contributed by atoms with Gasteiger partial charge in [-0.15, -0.1) is 0 Å². The number of nitrogens with one attached hydrogen (secondary N) is 1. The van der Waals surface area contributed by atoms with E-state index in [0.29, 0.717) is 12.4 Å². The van der Waals surface area contributed by atoms with Crippen LogP contribution in [0.2, 0.25) is 0 Å². The molecule has 1 aromatic heterocycles. The number of nitrogens with zero attached hydrogens (tertiary/aromatic N) is 3. The van der Waals surface area contributed by atoms with Crippen molar-refractivity contribution in [3.63, 3.8) is 0 Å². The molecule has 0 spiro atoms. The lowest BCUT2D eigenvalue weighted by atomic mass is 10.2. The van der Waals surface area contributed by atoms with Crippen LogP contribution < -0.4 is 10.2 Å². The van der Waals surface area contributed by atoms with Crippen molar-refractivity contribution in [1.29, 1.82) is 0 Å². The third-order valence-electron chi connectivity index (χ3n) is 3.20. The van der Waals surface area contributed by atoms with Crippen molar-refractivity contribution in [2.45, 2.75) is 6.92 Å². The molecule has 0 aliphatic heterocycles. The number of likely N-dealkylation sites (N-methyl/N-ethyl adjacent to an activating group) is 1. The fourth-order valence-electron chi connectivity index (χ4n) is 2.00. The van der Waals surface area contributed by atoms with Crippen molar-refractivity contribution in [2.24, 2.45) is 7.05 Å². The summed E-state index contributed by atoms with van der Waals surface area (Å²) in [7, 11) is 3.82. The number of benzene rings is 1. The first-order valence-corrected chi connectivity index (χ1v) is 6.61. The molecule has 0 saturated carbocycles. The standard InChI is InChI=1S/C15H20N4O/c1-12-5-4-6-13(11-12)18(2)9-8-17-15(20)14-16-7-10-19(14)3/h4-7,10-11H,8-9H2,1-3H3,(H,17,20). The van der Waals surface area contributed by atoms with Crippen LogP contribution in [-0.2, 0) is 7.05 Å². The summed E-state index contributed by atoms with van der Waals surface area (Å²) in [5.41, 5.74) is 2.38. The first-order valence-electron chi connectivity index (χ1n) is 6.61. The zero-order valence-electron chi connectivity index (χ0n) is 12.1. The maximum Gasteiger partial charge on any atom is 0.287 e. The molecule has 5 heteroatoms. The Kier molecular flexibility index (Phi) is 4.40. The Bertz CT molecular complexity index is 591. The van der Waals surface area contributed by atoms with E-state index in [4.69, 9.17) is 0 Å². The lowest BCUT2D eigenvalue weighted by Crippen LogP contribution is -2.34. The summed E-state index contributed by atoms with van der Waals surface area (Å²) in [4.78, 5) is 18.0. The number of hydrogen-bond donors (Lipinski definition) is 1. The van der Waals surface area contributed by atoms with Crippen LogP contribution in [0.15, 0.2) is 36.7 Å². The number of aryl methyl sites for hydroxylation is 2. The maximum absolute atomic E-state index is 11.9. The Hall–Kier alpha value is -2.30. The minimum absolute atomic E-state index is 0.143. The lowest BCUT2D eigenvalue weighted by Gasteiger charge is -2.19. The number of imidazole rings is 1. The summed E-state index contributed by atoms with van der Waals surface area (Å²) >= 11 is 0. The van der Waals surface area contributed by atoms with Crippen LogP contribution in [0.5, 0.6) is 0 Å². The summed E-state index contributed by atoms with van der Waals surface area (Å²) in [6.07, 6.45) is 3.38. The third-order valence-corrected chi connectivity index (χ3v) is 3.20. The van der Waals surface area contributed by atoms with Gasteiger partial charge in [-0.25, -0.2) is 4.98 Å². The summed E-state index contributed by atoms with van der Waals surface area (Å²) < 4.78 is 1.71. The highest BCUT2D eigenvalue weighted by atomic mass is 16.2. The van der Waals surface area contributed by atoms with Crippen LogP contribution in [-0.4, -0.2) is 35.6 Å². The minimum Gasteiger partial charge on any atom is -0.373 e. The number of anilines is 1.